The van der Waals surface area contributed by atoms with Gasteiger partial charge < -0.3 is 25.6 Å². The lowest BCUT2D eigenvalue weighted by molar-refractivity contribution is -0.134. The fourth-order valence-electron chi connectivity index (χ4n) is 8.33. The minimum Gasteiger partial charge on any atom is -0.478 e. The van der Waals surface area contributed by atoms with Gasteiger partial charge in [-0.3, -0.25) is 33.7 Å². The number of nitrogens with zero attached hydrogens (tertiary/aromatic N) is 7. The van der Waals surface area contributed by atoms with Crippen LogP contribution in [-0.2, 0) is 28.5 Å². The smallest absolute Gasteiger partial charge is 0.294 e. The number of aryl methyl sites for hydroxylation is 2. The summed E-state index contributed by atoms with van der Waals surface area (Å²) in [4.78, 5) is 64.7. The number of likely N-dealkylation sites (N-methyl/N-ethyl adjacent to an activating group) is 1. The second-order valence-electron chi connectivity index (χ2n) is 15.0. The minimum absolute atomic E-state index is 0.0408. The Morgan fingerprint density at radius 1 is 1.07 bits per heavy atom. The summed E-state index contributed by atoms with van der Waals surface area (Å²) in [6.45, 7) is 3.72. The molecule has 17 heteroatoms. The number of hydrogen-bond donors (Lipinski definition) is 4. The van der Waals surface area contributed by atoms with Crippen LogP contribution in [0.25, 0.3) is 21.9 Å². The maximum Gasteiger partial charge on any atom is 0.294 e. The first-order valence-electron chi connectivity index (χ1n) is 18.3. The highest BCUT2D eigenvalue weighted by Crippen LogP contribution is 2.48. The first-order valence-corrected chi connectivity index (χ1v) is 18.7. The van der Waals surface area contributed by atoms with Gasteiger partial charge in [-0.2, -0.15) is 10.1 Å². The number of ether oxygens (including phenoxy) is 1. The Morgan fingerprint density at radius 2 is 1.89 bits per heavy atom. The third-order valence-electron chi connectivity index (χ3n) is 11.2. The largest absolute Gasteiger partial charge is 0.478 e. The van der Waals surface area contributed by atoms with Crippen molar-refractivity contribution in [1.29, 1.82) is 0 Å². The van der Waals surface area contributed by atoms with Crippen LogP contribution in [0, 0.1) is 11.3 Å². The summed E-state index contributed by atoms with van der Waals surface area (Å²) >= 11 is 6.55. The summed E-state index contributed by atoms with van der Waals surface area (Å²) in [6, 6.07) is 9.87. The van der Waals surface area contributed by atoms with Gasteiger partial charge in [0.15, 0.2) is 18.2 Å². The third-order valence-corrected chi connectivity index (χ3v) is 11.5. The van der Waals surface area contributed by atoms with Crippen molar-refractivity contribution in [1.82, 2.24) is 39.9 Å². The average molecular weight is 768 g/mol. The fraction of sp³-hybridized carbons (Fsp3) is 0.421. The molecule has 286 valence electrons. The predicted octanol–water partition coefficient (Wildman–Crippen LogP) is 3.76. The SMILES string of the molecule is CNC(=O)COc1cc2cc(Nc3nc(N4CC5(CC[C@H](Nc6ccc7c(C8CCC(=O)NC8=O)nn(C)c7c6)[C@H](C)C5)C4)ncc3Cl)cnc2n(C)c1=O. The molecule has 1 unspecified atom stereocenters. The van der Waals surface area contributed by atoms with Crippen molar-refractivity contribution >= 4 is 74.4 Å². The van der Waals surface area contributed by atoms with E-state index < -0.39 is 11.5 Å². The van der Waals surface area contributed by atoms with Gasteiger partial charge in [-0.25, -0.2) is 9.97 Å². The van der Waals surface area contributed by atoms with Gasteiger partial charge in [-0.15, -0.1) is 0 Å². The Morgan fingerprint density at radius 3 is 2.65 bits per heavy atom. The van der Waals surface area contributed by atoms with Crippen LogP contribution < -0.4 is 36.5 Å². The van der Waals surface area contributed by atoms with Crippen molar-refractivity contribution in [2.24, 2.45) is 25.4 Å². The van der Waals surface area contributed by atoms with Crippen molar-refractivity contribution in [2.45, 2.75) is 51.0 Å². The summed E-state index contributed by atoms with van der Waals surface area (Å²) in [5.41, 5.74) is 3.51. The molecular weight excluding hydrogens is 726 g/mol. The van der Waals surface area contributed by atoms with Crippen LogP contribution in [0.3, 0.4) is 0 Å². The molecule has 55 heavy (non-hydrogen) atoms. The number of nitrogens with one attached hydrogen (secondary N) is 4. The van der Waals surface area contributed by atoms with Gasteiger partial charge in [0.05, 0.1) is 35.2 Å². The maximum atomic E-state index is 12.8. The maximum absolute atomic E-state index is 12.8. The number of pyridine rings is 2. The van der Waals surface area contributed by atoms with Crippen LogP contribution in [0.1, 0.15) is 50.6 Å². The summed E-state index contributed by atoms with van der Waals surface area (Å²) < 4.78 is 8.67. The van der Waals surface area contributed by atoms with E-state index in [4.69, 9.17) is 21.3 Å². The zero-order valence-electron chi connectivity index (χ0n) is 31.0. The lowest BCUT2D eigenvalue weighted by atomic mass is 9.64. The van der Waals surface area contributed by atoms with Crippen LogP contribution in [0.5, 0.6) is 5.75 Å². The summed E-state index contributed by atoms with van der Waals surface area (Å²) in [5.74, 6) is 0.195. The van der Waals surface area contributed by atoms with Crippen molar-refractivity contribution in [2.75, 3.05) is 42.3 Å². The number of fused-ring (bicyclic) bond motifs is 2. The highest BCUT2D eigenvalue weighted by atomic mass is 35.5. The van der Waals surface area contributed by atoms with E-state index in [2.05, 4.69) is 60.3 Å². The van der Waals surface area contributed by atoms with Crippen molar-refractivity contribution in [3.05, 3.63) is 63.8 Å². The number of rotatable bonds is 9. The van der Waals surface area contributed by atoms with E-state index in [1.165, 1.54) is 11.6 Å². The van der Waals surface area contributed by atoms with Gasteiger partial charge in [-0.05, 0) is 61.9 Å². The predicted molar refractivity (Wildman–Crippen MR) is 208 cm³/mol. The number of imide groups is 1. The van der Waals surface area contributed by atoms with Gasteiger partial charge in [0.2, 0.25) is 17.8 Å². The monoisotopic (exact) mass is 767 g/mol. The highest BCUT2D eigenvalue weighted by Gasteiger charge is 2.48. The number of carbonyl (C=O) groups excluding carboxylic acids is 3. The van der Waals surface area contributed by atoms with Crippen molar-refractivity contribution in [3.63, 3.8) is 0 Å². The summed E-state index contributed by atoms with van der Waals surface area (Å²) in [6.07, 6.45) is 7.13. The summed E-state index contributed by atoms with van der Waals surface area (Å²) in [5, 5.41) is 18.6. The molecule has 3 fully saturated rings. The van der Waals surface area contributed by atoms with Crippen LogP contribution in [-0.4, -0.2) is 79.8 Å². The lowest BCUT2D eigenvalue weighted by Crippen LogP contribution is -2.60. The number of carbonyl (C=O) groups is 3. The van der Waals surface area contributed by atoms with Crippen molar-refractivity contribution < 1.29 is 19.1 Å². The van der Waals surface area contributed by atoms with E-state index in [9.17, 15) is 19.2 Å². The van der Waals surface area contributed by atoms with E-state index in [-0.39, 0.29) is 35.5 Å². The Balaban J connectivity index is 0.906. The van der Waals surface area contributed by atoms with Crippen molar-refractivity contribution in [3.8, 4) is 5.75 Å². The molecule has 2 aliphatic heterocycles. The number of halogens is 1. The number of amides is 3. The molecule has 2 saturated heterocycles. The average Bonchev–Trinajstić information content (AvgIpc) is 3.47. The molecule has 6 heterocycles. The lowest BCUT2D eigenvalue weighted by Gasteiger charge is -2.55. The van der Waals surface area contributed by atoms with Crippen LogP contribution in [0.15, 0.2) is 47.5 Å². The van der Waals surface area contributed by atoms with Gasteiger partial charge in [0.1, 0.15) is 10.7 Å². The zero-order chi connectivity index (χ0) is 38.6. The second-order valence-corrected chi connectivity index (χ2v) is 15.4. The Bertz CT molecular complexity index is 2420. The molecular formula is C38H42ClN11O5. The first kappa shape index (κ1) is 36.2. The fourth-order valence-corrected chi connectivity index (χ4v) is 8.47. The number of hydrogen-bond acceptors (Lipinski definition) is 12. The van der Waals surface area contributed by atoms with Gasteiger partial charge in [-0.1, -0.05) is 18.5 Å². The molecule has 1 saturated carbocycles. The zero-order valence-corrected chi connectivity index (χ0v) is 31.7. The molecule has 8 rings (SSSR count). The molecule has 1 aliphatic carbocycles. The third kappa shape index (κ3) is 6.90. The molecule has 4 aromatic heterocycles. The van der Waals surface area contributed by atoms with E-state index in [0.29, 0.717) is 64.0 Å². The topological polar surface area (TPSA) is 190 Å². The normalized spacial score (nSPS) is 20.7. The number of anilines is 4. The Hall–Kier alpha value is -5.77. The van der Waals surface area contributed by atoms with E-state index >= 15 is 0 Å². The van der Waals surface area contributed by atoms with E-state index in [0.717, 1.165) is 48.9 Å². The second kappa shape index (κ2) is 14.1. The quantitative estimate of drug-likeness (QED) is 0.159. The molecule has 4 N–H and O–H groups in total. The Labute approximate surface area is 321 Å². The van der Waals surface area contributed by atoms with Gasteiger partial charge in [0, 0.05) is 68.6 Å². The highest BCUT2D eigenvalue weighted by molar-refractivity contribution is 6.33. The van der Waals surface area contributed by atoms with Gasteiger partial charge >= 0.3 is 0 Å². The van der Waals surface area contributed by atoms with Crippen LogP contribution >= 0.6 is 11.6 Å². The molecule has 3 aliphatic rings. The molecule has 16 nitrogen and oxygen atoms in total. The summed E-state index contributed by atoms with van der Waals surface area (Å²) in [7, 11) is 4.98. The van der Waals surface area contributed by atoms with E-state index in [1.54, 1.807) is 25.5 Å². The Kier molecular flexibility index (Phi) is 9.31. The molecule has 3 atom stereocenters. The number of aromatic nitrogens is 6. The molecule has 1 spiro atoms. The molecule has 3 amide bonds. The molecule has 0 radical (unpaired) electrons. The number of benzene rings is 1. The molecule has 0 bridgehead atoms. The minimum atomic E-state index is -0.433. The van der Waals surface area contributed by atoms with Crippen LogP contribution in [0.4, 0.5) is 23.1 Å². The molecule has 1 aromatic carbocycles. The van der Waals surface area contributed by atoms with Crippen LogP contribution in [0.2, 0.25) is 5.02 Å². The first-order chi connectivity index (χ1) is 26.4. The standard InChI is InChI=1S/C38H42ClN11O5/c1-20-14-38(10-9-27(20)43-22-5-6-24-28(13-22)49(4)47-32(24)25-7-8-30(51)45-35(25)53)18-50(19-38)37-42-16-26(39)33(46-37)44-23-11-21-12-29(55-17-31(52)40-2)36(54)48(3)34(21)41-15-23/h5-6,11-13,15-16,20,25,27,43H,7-10,14,17-19H2,1-4H3,(H,40,52)(H,42,44,46)(H,45,51,53)/t20-,25?,27+/m1/s1. The molecule has 5 aromatic rings. The number of piperidine rings is 1. The van der Waals surface area contributed by atoms with E-state index in [1.807, 2.05) is 23.9 Å². The van der Waals surface area contributed by atoms with Gasteiger partial charge in [0.25, 0.3) is 11.5 Å².